The van der Waals surface area contributed by atoms with Crippen LogP contribution in [0.4, 0.5) is 0 Å². The van der Waals surface area contributed by atoms with Crippen molar-refractivity contribution in [2.24, 2.45) is 5.92 Å². The van der Waals surface area contributed by atoms with Crippen LogP contribution in [-0.4, -0.2) is 28.4 Å². The first-order valence-corrected chi connectivity index (χ1v) is 7.71. The summed E-state index contributed by atoms with van der Waals surface area (Å²) in [7, 11) is 0. The minimum Gasteiger partial charge on any atom is -0.460 e. The number of nitrogens with one attached hydrogen (secondary N) is 2. The smallest absolute Gasteiger partial charge is 0.325 e. The van der Waals surface area contributed by atoms with Crippen LogP contribution in [0.15, 0.2) is 36.7 Å². The van der Waals surface area contributed by atoms with Crippen LogP contribution in [0.3, 0.4) is 0 Å². The largest absolute Gasteiger partial charge is 0.460 e. The van der Waals surface area contributed by atoms with Crippen molar-refractivity contribution in [1.29, 1.82) is 0 Å². The molecule has 2 N–H and O–H groups in total. The zero-order chi connectivity index (χ0) is 16.1. The Morgan fingerprint density at radius 1 is 1.30 bits per heavy atom. The van der Waals surface area contributed by atoms with Crippen molar-refractivity contribution in [3.05, 3.63) is 53.6 Å². The Morgan fingerprint density at radius 3 is 2.96 bits per heavy atom. The number of hydrogen-bond donors (Lipinski definition) is 2. The van der Waals surface area contributed by atoms with Gasteiger partial charge in [0.25, 0.3) is 0 Å². The maximum atomic E-state index is 12.2. The lowest BCUT2D eigenvalue weighted by Crippen LogP contribution is -2.37. The first-order chi connectivity index (χ1) is 11.2. The number of hydrogen-bond acceptors (Lipinski definition) is 4. The van der Waals surface area contributed by atoms with Crippen LogP contribution in [0.25, 0.3) is 0 Å². The van der Waals surface area contributed by atoms with Gasteiger partial charge in [-0.2, -0.15) is 0 Å². The van der Waals surface area contributed by atoms with Gasteiger partial charge in [-0.15, -0.1) is 0 Å². The van der Waals surface area contributed by atoms with E-state index in [0.29, 0.717) is 6.42 Å². The maximum absolute atomic E-state index is 12.2. The lowest BCUT2D eigenvalue weighted by atomic mass is 9.89. The Labute approximate surface area is 134 Å². The molecule has 6 nitrogen and oxygen atoms in total. The van der Waals surface area contributed by atoms with Crippen molar-refractivity contribution in [2.75, 3.05) is 6.54 Å². The third-order valence-electron chi connectivity index (χ3n) is 4.01. The van der Waals surface area contributed by atoms with Gasteiger partial charge in [0.15, 0.2) is 0 Å². The van der Waals surface area contributed by atoms with Crippen LogP contribution in [0.1, 0.15) is 23.4 Å². The van der Waals surface area contributed by atoms with Crippen LogP contribution in [0.2, 0.25) is 0 Å². The molecule has 0 saturated heterocycles. The number of esters is 1. The fraction of sp³-hybridized carbons (Fsp3) is 0.353. The lowest BCUT2D eigenvalue weighted by molar-refractivity contribution is -0.145. The summed E-state index contributed by atoms with van der Waals surface area (Å²) in [6, 6.07) is 9.45. The van der Waals surface area contributed by atoms with Crippen LogP contribution >= 0.6 is 0 Å². The fourth-order valence-electron chi connectivity index (χ4n) is 2.72. The zero-order valence-electron chi connectivity index (χ0n) is 12.7. The standard InChI is InChI=1S/C17H19N3O3/c21-16(23-10-12-4-2-1-3-5-12)9-18-17(22)13-6-7-14-15(8-13)20-11-19-14/h1-5,11,13H,6-10H2,(H,18,22)(H,19,20). The van der Waals surface area contributed by atoms with Gasteiger partial charge in [-0.25, -0.2) is 4.98 Å². The number of ether oxygens (including phenoxy) is 1. The molecule has 0 radical (unpaired) electrons. The molecule has 1 aliphatic carbocycles. The van der Waals surface area contributed by atoms with Gasteiger partial charge in [0, 0.05) is 18.0 Å². The molecule has 0 aliphatic heterocycles. The highest BCUT2D eigenvalue weighted by Gasteiger charge is 2.26. The highest BCUT2D eigenvalue weighted by molar-refractivity contribution is 5.83. The van der Waals surface area contributed by atoms with E-state index < -0.39 is 5.97 Å². The Morgan fingerprint density at radius 2 is 2.13 bits per heavy atom. The number of benzene rings is 1. The molecule has 0 spiro atoms. The summed E-state index contributed by atoms with van der Waals surface area (Å²) in [5.74, 6) is -0.660. The number of fused-ring (bicyclic) bond motifs is 1. The van der Waals surface area contributed by atoms with Gasteiger partial charge in [-0.1, -0.05) is 30.3 Å². The number of rotatable bonds is 5. The van der Waals surface area contributed by atoms with Gasteiger partial charge < -0.3 is 15.0 Å². The molecule has 1 atom stereocenters. The molecule has 120 valence electrons. The summed E-state index contributed by atoms with van der Waals surface area (Å²) in [5.41, 5.74) is 2.98. The third-order valence-corrected chi connectivity index (χ3v) is 4.01. The molecular formula is C17H19N3O3. The number of aryl methyl sites for hydroxylation is 1. The van der Waals surface area contributed by atoms with E-state index in [1.54, 1.807) is 6.33 Å². The van der Waals surface area contributed by atoms with E-state index in [1.807, 2.05) is 30.3 Å². The van der Waals surface area contributed by atoms with Gasteiger partial charge in [0.2, 0.25) is 5.91 Å². The topological polar surface area (TPSA) is 84.1 Å². The molecule has 1 aromatic carbocycles. The molecule has 0 saturated carbocycles. The Balaban J connectivity index is 1.41. The van der Waals surface area contributed by atoms with Crippen molar-refractivity contribution in [3.63, 3.8) is 0 Å². The minimum atomic E-state index is -0.430. The summed E-state index contributed by atoms with van der Waals surface area (Å²) < 4.78 is 5.14. The van der Waals surface area contributed by atoms with Gasteiger partial charge >= 0.3 is 5.97 Å². The summed E-state index contributed by atoms with van der Waals surface area (Å²) in [6.45, 7) is 0.120. The second-order valence-corrected chi connectivity index (χ2v) is 5.63. The normalized spacial score (nSPS) is 16.4. The number of carbonyl (C=O) groups excluding carboxylic acids is 2. The van der Waals surface area contributed by atoms with Gasteiger partial charge in [-0.05, 0) is 18.4 Å². The van der Waals surface area contributed by atoms with Gasteiger partial charge in [0.05, 0.1) is 12.0 Å². The molecule has 2 aromatic rings. The average molecular weight is 313 g/mol. The highest BCUT2D eigenvalue weighted by Crippen LogP contribution is 2.22. The van der Waals surface area contributed by atoms with E-state index in [9.17, 15) is 9.59 Å². The molecule has 1 heterocycles. The second-order valence-electron chi connectivity index (χ2n) is 5.63. The third kappa shape index (κ3) is 3.97. The number of H-pyrrole nitrogens is 1. The van der Waals surface area contributed by atoms with Crippen molar-refractivity contribution in [2.45, 2.75) is 25.9 Å². The number of carbonyl (C=O) groups is 2. The Bertz CT molecular complexity index is 681. The minimum absolute atomic E-state index is 0.0992. The van der Waals surface area contributed by atoms with E-state index in [4.69, 9.17) is 4.74 Å². The molecular weight excluding hydrogens is 294 g/mol. The predicted molar refractivity (Wildman–Crippen MR) is 83.4 cm³/mol. The molecule has 3 rings (SSSR count). The number of aromatic amines is 1. The Hall–Kier alpha value is -2.63. The monoisotopic (exact) mass is 313 g/mol. The first kappa shape index (κ1) is 15.3. The molecule has 23 heavy (non-hydrogen) atoms. The molecule has 1 unspecified atom stereocenters. The SMILES string of the molecule is O=C(CNC(=O)C1CCc2nc[nH]c2C1)OCc1ccccc1. The van der Waals surface area contributed by atoms with Crippen LogP contribution < -0.4 is 5.32 Å². The van der Waals surface area contributed by atoms with Crippen molar-refractivity contribution < 1.29 is 14.3 Å². The van der Waals surface area contributed by atoms with Crippen LogP contribution in [0.5, 0.6) is 0 Å². The van der Waals surface area contributed by atoms with Crippen LogP contribution in [0, 0.1) is 5.92 Å². The summed E-state index contributed by atoms with van der Waals surface area (Å²) in [4.78, 5) is 31.1. The number of aromatic nitrogens is 2. The van der Waals surface area contributed by atoms with E-state index in [2.05, 4.69) is 15.3 Å². The molecule has 1 aromatic heterocycles. The van der Waals surface area contributed by atoms with Crippen molar-refractivity contribution in [3.8, 4) is 0 Å². The maximum Gasteiger partial charge on any atom is 0.325 e. The van der Waals surface area contributed by atoms with E-state index in [-0.39, 0.29) is 25.0 Å². The quantitative estimate of drug-likeness (QED) is 0.817. The second kappa shape index (κ2) is 7.09. The molecule has 0 bridgehead atoms. The number of amides is 1. The van der Waals surface area contributed by atoms with E-state index >= 15 is 0 Å². The van der Waals surface area contributed by atoms with Crippen molar-refractivity contribution in [1.82, 2.24) is 15.3 Å². The first-order valence-electron chi connectivity index (χ1n) is 7.71. The summed E-state index contributed by atoms with van der Waals surface area (Å²) in [5, 5.41) is 2.66. The average Bonchev–Trinajstić information content (AvgIpc) is 3.06. The lowest BCUT2D eigenvalue weighted by Gasteiger charge is -2.20. The zero-order valence-corrected chi connectivity index (χ0v) is 12.7. The summed E-state index contributed by atoms with van der Waals surface area (Å²) in [6.07, 6.45) is 3.84. The van der Waals surface area contributed by atoms with Gasteiger partial charge in [0.1, 0.15) is 13.2 Å². The highest BCUT2D eigenvalue weighted by atomic mass is 16.5. The van der Waals surface area contributed by atoms with Crippen LogP contribution in [-0.2, 0) is 33.8 Å². The summed E-state index contributed by atoms with van der Waals surface area (Å²) >= 11 is 0. The molecule has 0 fully saturated rings. The van der Waals surface area contributed by atoms with Gasteiger partial charge in [-0.3, -0.25) is 9.59 Å². The number of imidazole rings is 1. The Kier molecular flexibility index (Phi) is 4.71. The van der Waals surface area contributed by atoms with E-state index in [0.717, 1.165) is 29.8 Å². The number of nitrogens with zero attached hydrogens (tertiary/aromatic N) is 1. The molecule has 6 heteroatoms. The fourth-order valence-corrected chi connectivity index (χ4v) is 2.72. The molecule has 1 aliphatic rings. The van der Waals surface area contributed by atoms with E-state index in [1.165, 1.54) is 0 Å². The predicted octanol–water partition coefficient (Wildman–Crippen LogP) is 1.37. The van der Waals surface area contributed by atoms with Crippen molar-refractivity contribution >= 4 is 11.9 Å². The molecule has 1 amide bonds.